The first-order valence-corrected chi connectivity index (χ1v) is 9.73. The van der Waals surface area contributed by atoms with Gasteiger partial charge >= 0.3 is 5.97 Å². The molecule has 0 bridgehead atoms. The lowest BCUT2D eigenvalue weighted by atomic mass is 10.1. The molecule has 2 saturated heterocycles. The number of para-hydroxylation sites is 1. The molecule has 0 aliphatic carbocycles. The largest absolute Gasteiger partial charge is 0.462 e. The van der Waals surface area contributed by atoms with Crippen LogP contribution in [0, 0.1) is 0 Å². The Hall–Kier alpha value is -2.02. The molecule has 25 heavy (non-hydrogen) atoms. The number of thioether (sulfide) groups is 1. The maximum Gasteiger partial charge on any atom is 0.319 e. The van der Waals surface area contributed by atoms with E-state index in [4.69, 9.17) is 4.74 Å². The lowest BCUT2D eigenvalue weighted by Crippen LogP contribution is -2.31. The van der Waals surface area contributed by atoms with Crippen LogP contribution in [0.15, 0.2) is 35.5 Å². The Balaban J connectivity index is 1.69. The van der Waals surface area contributed by atoms with E-state index in [1.165, 1.54) is 31.0 Å². The standard InChI is InChI=1S/C18H22N4O2S/c1-13-12-15(16(23)24-13)25-18-20-19-17(21-10-6-3-7-11-21)22(18)14-8-4-2-5-9-14/h2,4-5,8-9,13,15H,3,6-7,10-12H2,1H3/t13-,15+/m1/s1. The molecule has 2 atom stereocenters. The highest BCUT2D eigenvalue weighted by Gasteiger charge is 2.35. The summed E-state index contributed by atoms with van der Waals surface area (Å²) >= 11 is 1.46. The molecule has 1 aromatic carbocycles. The minimum Gasteiger partial charge on any atom is -0.462 e. The molecule has 4 rings (SSSR count). The van der Waals surface area contributed by atoms with E-state index in [1.54, 1.807) is 0 Å². The Morgan fingerprint density at radius 2 is 1.88 bits per heavy atom. The molecule has 0 saturated carbocycles. The van der Waals surface area contributed by atoms with E-state index in [0.29, 0.717) is 6.42 Å². The number of carbonyl (C=O) groups is 1. The van der Waals surface area contributed by atoms with Crippen molar-refractivity contribution in [2.75, 3.05) is 18.0 Å². The van der Waals surface area contributed by atoms with Crippen LogP contribution in [0.4, 0.5) is 5.95 Å². The molecule has 0 spiro atoms. The van der Waals surface area contributed by atoms with Crippen molar-refractivity contribution < 1.29 is 9.53 Å². The van der Waals surface area contributed by atoms with Crippen molar-refractivity contribution >= 4 is 23.7 Å². The third kappa shape index (κ3) is 3.38. The molecule has 132 valence electrons. The molecular weight excluding hydrogens is 336 g/mol. The van der Waals surface area contributed by atoms with E-state index in [0.717, 1.165) is 29.9 Å². The second kappa shape index (κ2) is 7.07. The molecule has 0 amide bonds. The maximum absolute atomic E-state index is 12.0. The van der Waals surface area contributed by atoms with Gasteiger partial charge in [-0.15, -0.1) is 10.2 Å². The van der Waals surface area contributed by atoms with Gasteiger partial charge < -0.3 is 9.64 Å². The molecule has 0 radical (unpaired) electrons. The van der Waals surface area contributed by atoms with Gasteiger partial charge in [0.1, 0.15) is 11.4 Å². The Bertz CT molecular complexity index is 743. The van der Waals surface area contributed by atoms with Crippen LogP contribution in [-0.2, 0) is 9.53 Å². The highest BCUT2D eigenvalue weighted by molar-refractivity contribution is 8.00. The average Bonchev–Trinajstić information content (AvgIpc) is 3.19. The van der Waals surface area contributed by atoms with Crippen LogP contribution >= 0.6 is 11.8 Å². The molecule has 0 unspecified atom stereocenters. The molecule has 1 aromatic heterocycles. The van der Waals surface area contributed by atoms with Crippen molar-refractivity contribution in [3.8, 4) is 5.69 Å². The highest BCUT2D eigenvalue weighted by Crippen LogP contribution is 2.34. The van der Waals surface area contributed by atoms with E-state index in [-0.39, 0.29) is 17.3 Å². The summed E-state index contributed by atoms with van der Waals surface area (Å²) in [4.78, 5) is 14.3. The lowest BCUT2D eigenvalue weighted by Gasteiger charge is -2.27. The summed E-state index contributed by atoms with van der Waals surface area (Å²) in [6, 6.07) is 10.1. The number of cyclic esters (lactones) is 1. The fourth-order valence-corrected chi connectivity index (χ4v) is 4.54. The SMILES string of the molecule is C[C@@H]1C[C@H](Sc2nnc(N3CCCCC3)n2-c2ccccc2)C(=O)O1. The van der Waals surface area contributed by atoms with Gasteiger partial charge in [0.2, 0.25) is 5.95 Å². The van der Waals surface area contributed by atoms with Gasteiger partial charge in [-0.1, -0.05) is 30.0 Å². The Morgan fingerprint density at radius 3 is 2.56 bits per heavy atom. The second-order valence-electron chi connectivity index (χ2n) is 6.59. The zero-order valence-corrected chi connectivity index (χ0v) is 15.1. The molecule has 6 nitrogen and oxygen atoms in total. The number of carbonyl (C=O) groups excluding carboxylic acids is 1. The van der Waals surface area contributed by atoms with Gasteiger partial charge in [-0.25, -0.2) is 0 Å². The van der Waals surface area contributed by atoms with E-state index >= 15 is 0 Å². The van der Waals surface area contributed by atoms with E-state index in [1.807, 2.05) is 25.1 Å². The first-order valence-electron chi connectivity index (χ1n) is 8.85. The van der Waals surface area contributed by atoms with Gasteiger partial charge in [0.25, 0.3) is 0 Å². The molecule has 2 fully saturated rings. The smallest absolute Gasteiger partial charge is 0.319 e. The van der Waals surface area contributed by atoms with E-state index in [9.17, 15) is 4.79 Å². The van der Waals surface area contributed by atoms with Gasteiger partial charge in [0, 0.05) is 19.5 Å². The summed E-state index contributed by atoms with van der Waals surface area (Å²) in [7, 11) is 0. The number of nitrogens with zero attached hydrogens (tertiary/aromatic N) is 4. The number of aromatic nitrogens is 3. The van der Waals surface area contributed by atoms with Gasteiger partial charge in [0.05, 0.1) is 5.69 Å². The minimum absolute atomic E-state index is 0.0281. The topological polar surface area (TPSA) is 60.2 Å². The van der Waals surface area contributed by atoms with Gasteiger partial charge in [-0.2, -0.15) is 0 Å². The quantitative estimate of drug-likeness (QED) is 0.783. The van der Waals surface area contributed by atoms with Crippen molar-refractivity contribution in [3.05, 3.63) is 30.3 Å². The first-order chi connectivity index (χ1) is 12.2. The fourth-order valence-electron chi connectivity index (χ4n) is 3.38. The number of hydrogen-bond acceptors (Lipinski definition) is 6. The number of piperidine rings is 1. The number of esters is 1. The Kier molecular flexibility index (Phi) is 4.65. The number of anilines is 1. The summed E-state index contributed by atoms with van der Waals surface area (Å²) in [5.41, 5.74) is 1.02. The van der Waals surface area contributed by atoms with Gasteiger partial charge in [-0.05, 0) is 38.3 Å². The van der Waals surface area contributed by atoms with Gasteiger partial charge in [0.15, 0.2) is 5.16 Å². The van der Waals surface area contributed by atoms with Crippen LogP contribution in [0.2, 0.25) is 0 Å². The summed E-state index contributed by atoms with van der Waals surface area (Å²) in [6.07, 6.45) is 4.31. The van der Waals surface area contributed by atoms with Crippen molar-refractivity contribution in [1.29, 1.82) is 0 Å². The molecule has 2 aliphatic rings. The number of benzene rings is 1. The minimum atomic E-state index is -0.212. The van der Waals surface area contributed by atoms with E-state index in [2.05, 4.69) is 31.8 Å². The zero-order chi connectivity index (χ0) is 17.2. The van der Waals surface area contributed by atoms with Crippen molar-refractivity contribution in [2.45, 2.75) is 49.1 Å². The highest BCUT2D eigenvalue weighted by atomic mass is 32.2. The zero-order valence-electron chi connectivity index (χ0n) is 14.3. The predicted octanol–water partition coefficient (Wildman–Crippen LogP) is 3.05. The maximum atomic E-state index is 12.0. The molecule has 2 aromatic rings. The number of rotatable bonds is 4. The molecule has 3 heterocycles. The van der Waals surface area contributed by atoms with Crippen LogP contribution in [0.5, 0.6) is 0 Å². The third-order valence-corrected chi connectivity index (χ3v) is 5.79. The van der Waals surface area contributed by atoms with Crippen LogP contribution in [0.1, 0.15) is 32.6 Å². The molecule has 2 aliphatic heterocycles. The Morgan fingerprint density at radius 1 is 1.12 bits per heavy atom. The van der Waals surface area contributed by atoms with Crippen molar-refractivity contribution in [3.63, 3.8) is 0 Å². The van der Waals surface area contributed by atoms with Crippen LogP contribution < -0.4 is 4.90 Å². The van der Waals surface area contributed by atoms with Crippen molar-refractivity contribution in [1.82, 2.24) is 14.8 Å². The summed E-state index contributed by atoms with van der Waals surface area (Å²) < 4.78 is 7.36. The number of ether oxygens (including phenoxy) is 1. The molecule has 0 N–H and O–H groups in total. The summed E-state index contributed by atoms with van der Waals surface area (Å²) in [5.74, 6) is 0.715. The molecular formula is C18H22N4O2S. The summed E-state index contributed by atoms with van der Waals surface area (Å²) in [5, 5.41) is 9.43. The second-order valence-corrected chi connectivity index (χ2v) is 7.76. The van der Waals surface area contributed by atoms with E-state index < -0.39 is 0 Å². The summed E-state index contributed by atoms with van der Waals surface area (Å²) in [6.45, 7) is 3.93. The third-order valence-electron chi connectivity index (χ3n) is 4.64. The first kappa shape index (κ1) is 16.4. The van der Waals surface area contributed by atoms with Crippen LogP contribution in [0.25, 0.3) is 5.69 Å². The van der Waals surface area contributed by atoms with Crippen LogP contribution in [-0.4, -0.2) is 45.2 Å². The molecule has 7 heteroatoms. The monoisotopic (exact) mass is 358 g/mol. The fraction of sp³-hybridized carbons (Fsp3) is 0.500. The van der Waals surface area contributed by atoms with Crippen LogP contribution in [0.3, 0.4) is 0 Å². The predicted molar refractivity (Wildman–Crippen MR) is 97.2 cm³/mol. The van der Waals surface area contributed by atoms with Crippen molar-refractivity contribution in [2.24, 2.45) is 0 Å². The van der Waals surface area contributed by atoms with Gasteiger partial charge in [-0.3, -0.25) is 9.36 Å². The normalized spacial score (nSPS) is 23.7. The Labute approximate surface area is 151 Å². The lowest BCUT2D eigenvalue weighted by molar-refractivity contribution is -0.140. The average molecular weight is 358 g/mol. The number of hydrogen-bond donors (Lipinski definition) is 0.